The molecule has 3 aromatic rings. The predicted molar refractivity (Wildman–Crippen MR) is 96.9 cm³/mol. The van der Waals surface area contributed by atoms with Crippen molar-refractivity contribution in [3.63, 3.8) is 0 Å². The average molecular weight is 342 g/mol. The Balaban J connectivity index is 1.55. The first kappa shape index (κ1) is 16.8. The second-order valence-corrected chi connectivity index (χ2v) is 6.01. The summed E-state index contributed by atoms with van der Waals surface area (Å²) in [7, 11) is 1.70. The van der Waals surface area contributed by atoms with Crippen LogP contribution < -0.4 is 5.32 Å². The van der Waals surface area contributed by atoms with E-state index in [-0.39, 0.29) is 0 Å². The predicted octanol–water partition coefficient (Wildman–Crippen LogP) is 5.04. The van der Waals surface area contributed by atoms with Gasteiger partial charge in [0.1, 0.15) is 11.5 Å². The Morgan fingerprint density at radius 2 is 1.67 bits per heavy atom. The second-order valence-electron chi connectivity index (χ2n) is 5.60. The number of nitrogens with one attached hydrogen (secondary N) is 1. The van der Waals surface area contributed by atoms with Crippen molar-refractivity contribution in [1.82, 2.24) is 5.32 Å². The number of furan rings is 1. The van der Waals surface area contributed by atoms with Crippen LogP contribution in [-0.4, -0.2) is 7.11 Å². The molecule has 0 saturated heterocycles. The summed E-state index contributed by atoms with van der Waals surface area (Å²) >= 11 is 6.20. The van der Waals surface area contributed by atoms with Crippen LogP contribution in [0.4, 0.5) is 0 Å². The summed E-state index contributed by atoms with van der Waals surface area (Å²) in [6.45, 7) is 2.10. The molecule has 3 rings (SSSR count). The molecule has 1 heterocycles. The first-order valence-electron chi connectivity index (χ1n) is 7.87. The quantitative estimate of drug-likeness (QED) is 0.654. The number of rotatable bonds is 7. The molecule has 24 heavy (non-hydrogen) atoms. The molecule has 0 aliphatic carbocycles. The normalized spacial score (nSPS) is 10.9. The minimum absolute atomic E-state index is 0.644. The molecule has 0 bridgehead atoms. The average Bonchev–Trinajstić information content (AvgIpc) is 3.06. The Kier molecular flexibility index (Phi) is 5.70. The van der Waals surface area contributed by atoms with Crippen LogP contribution in [0.25, 0.3) is 11.3 Å². The van der Waals surface area contributed by atoms with Gasteiger partial charge in [-0.05, 0) is 35.4 Å². The summed E-state index contributed by atoms with van der Waals surface area (Å²) in [5, 5.41) is 4.09. The van der Waals surface area contributed by atoms with Crippen LogP contribution in [-0.2, 0) is 24.4 Å². The maximum Gasteiger partial charge on any atom is 0.135 e. The standard InChI is InChI=1S/C20H20ClNO2/c1-23-14-16-8-6-15(7-9-16)12-22-13-17-10-11-20(24-17)18-4-2-3-5-19(18)21/h2-11,22H,12-14H2,1H3. The van der Waals surface area contributed by atoms with Crippen molar-refractivity contribution in [3.05, 3.63) is 82.6 Å². The zero-order valence-corrected chi connectivity index (χ0v) is 14.3. The van der Waals surface area contributed by atoms with Crippen molar-refractivity contribution in [2.45, 2.75) is 19.7 Å². The molecule has 0 fully saturated rings. The maximum absolute atomic E-state index is 6.20. The fourth-order valence-corrected chi connectivity index (χ4v) is 2.76. The van der Waals surface area contributed by atoms with E-state index in [4.69, 9.17) is 20.8 Å². The van der Waals surface area contributed by atoms with Crippen molar-refractivity contribution >= 4 is 11.6 Å². The molecule has 0 atom stereocenters. The molecule has 0 radical (unpaired) electrons. The highest BCUT2D eigenvalue weighted by Gasteiger charge is 2.07. The van der Waals surface area contributed by atoms with Gasteiger partial charge in [-0.1, -0.05) is 48.0 Å². The minimum Gasteiger partial charge on any atom is -0.460 e. The molecule has 0 aliphatic heterocycles. The summed E-state index contributed by atoms with van der Waals surface area (Å²) in [5.74, 6) is 1.68. The number of hydrogen-bond donors (Lipinski definition) is 1. The monoisotopic (exact) mass is 341 g/mol. The topological polar surface area (TPSA) is 34.4 Å². The highest BCUT2D eigenvalue weighted by atomic mass is 35.5. The maximum atomic E-state index is 6.20. The van der Waals surface area contributed by atoms with E-state index >= 15 is 0 Å². The van der Waals surface area contributed by atoms with Crippen LogP contribution >= 0.6 is 11.6 Å². The molecular formula is C20H20ClNO2. The van der Waals surface area contributed by atoms with Gasteiger partial charge in [-0.2, -0.15) is 0 Å². The Hall–Kier alpha value is -2.07. The van der Waals surface area contributed by atoms with Crippen molar-refractivity contribution in [3.8, 4) is 11.3 Å². The smallest absolute Gasteiger partial charge is 0.135 e. The SMILES string of the molecule is COCc1ccc(CNCc2ccc(-c3ccccc3Cl)o2)cc1. The Bertz CT molecular complexity index is 780. The van der Waals surface area contributed by atoms with Crippen LogP contribution in [0.15, 0.2) is 65.1 Å². The van der Waals surface area contributed by atoms with E-state index in [1.165, 1.54) is 11.1 Å². The molecule has 0 aliphatic rings. The third kappa shape index (κ3) is 4.26. The largest absolute Gasteiger partial charge is 0.460 e. The van der Waals surface area contributed by atoms with Crippen LogP contribution in [0, 0.1) is 0 Å². The Morgan fingerprint density at radius 1 is 0.917 bits per heavy atom. The van der Waals surface area contributed by atoms with Gasteiger partial charge >= 0.3 is 0 Å². The lowest BCUT2D eigenvalue weighted by Crippen LogP contribution is -2.12. The molecule has 124 valence electrons. The lowest BCUT2D eigenvalue weighted by atomic mass is 10.1. The van der Waals surface area contributed by atoms with Crippen LogP contribution in [0.3, 0.4) is 0 Å². The van der Waals surface area contributed by atoms with Gasteiger partial charge in [0.25, 0.3) is 0 Å². The molecule has 1 N–H and O–H groups in total. The van der Waals surface area contributed by atoms with Crippen molar-refractivity contribution in [2.24, 2.45) is 0 Å². The first-order valence-corrected chi connectivity index (χ1v) is 8.25. The number of halogens is 1. The van der Waals surface area contributed by atoms with Crippen molar-refractivity contribution in [1.29, 1.82) is 0 Å². The highest BCUT2D eigenvalue weighted by Crippen LogP contribution is 2.28. The van der Waals surface area contributed by atoms with Gasteiger partial charge in [0, 0.05) is 19.2 Å². The molecular weight excluding hydrogens is 322 g/mol. The van der Waals surface area contributed by atoms with E-state index in [9.17, 15) is 0 Å². The van der Waals surface area contributed by atoms with E-state index in [0.717, 1.165) is 23.6 Å². The number of ether oxygens (including phenoxy) is 1. The van der Waals surface area contributed by atoms with E-state index in [0.29, 0.717) is 18.2 Å². The summed E-state index contributed by atoms with van der Waals surface area (Å²) in [6, 6.07) is 20.0. The van der Waals surface area contributed by atoms with Crippen LogP contribution in [0.1, 0.15) is 16.9 Å². The number of benzene rings is 2. The molecule has 0 unspecified atom stereocenters. The number of hydrogen-bond acceptors (Lipinski definition) is 3. The fourth-order valence-electron chi connectivity index (χ4n) is 2.53. The molecule has 1 aromatic heterocycles. The van der Waals surface area contributed by atoms with Gasteiger partial charge in [-0.3, -0.25) is 0 Å². The molecule has 2 aromatic carbocycles. The zero-order valence-electron chi connectivity index (χ0n) is 13.6. The van der Waals surface area contributed by atoms with Crippen molar-refractivity contribution in [2.75, 3.05) is 7.11 Å². The van der Waals surface area contributed by atoms with Gasteiger partial charge in [-0.15, -0.1) is 0 Å². The molecule has 3 nitrogen and oxygen atoms in total. The summed E-state index contributed by atoms with van der Waals surface area (Å²) in [6.07, 6.45) is 0. The van der Waals surface area contributed by atoms with Gasteiger partial charge in [-0.25, -0.2) is 0 Å². The Morgan fingerprint density at radius 3 is 2.42 bits per heavy atom. The zero-order chi connectivity index (χ0) is 16.8. The Labute approximate surface area is 147 Å². The highest BCUT2D eigenvalue weighted by molar-refractivity contribution is 6.33. The second kappa shape index (κ2) is 8.15. The van der Waals surface area contributed by atoms with Gasteiger partial charge in [0.05, 0.1) is 18.2 Å². The van der Waals surface area contributed by atoms with Crippen LogP contribution in [0.5, 0.6) is 0 Å². The van der Waals surface area contributed by atoms with Crippen molar-refractivity contribution < 1.29 is 9.15 Å². The summed E-state index contributed by atoms with van der Waals surface area (Å²) in [4.78, 5) is 0. The lowest BCUT2D eigenvalue weighted by molar-refractivity contribution is 0.185. The minimum atomic E-state index is 0.644. The van der Waals surface area contributed by atoms with E-state index in [1.807, 2.05) is 36.4 Å². The summed E-state index contributed by atoms with van der Waals surface area (Å²) in [5.41, 5.74) is 3.32. The molecule has 0 amide bonds. The third-order valence-corrected chi connectivity index (χ3v) is 4.09. The van der Waals surface area contributed by atoms with Gasteiger partial charge < -0.3 is 14.5 Å². The first-order chi connectivity index (χ1) is 11.8. The van der Waals surface area contributed by atoms with Crippen LogP contribution in [0.2, 0.25) is 5.02 Å². The third-order valence-electron chi connectivity index (χ3n) is 3.76. The lowest BCUT2D eigenvalue weighted by Gasteiger charge is -2.05. The molecule has 4 heteroatoms. The van der Waals surface area contributed by atoms with E-state index in [1.54, 1.807) is 7.11 Å². The van der Waals surface area contributed by atoms with Gasteiger partial charge in [0.2, 0.25) is 0 Å². The number of methoxy groups -OCH3 is 1. The van der Waals surface area contributed by atoms with Gasteiger partial charge in [0.15, 0.2) is 0 Å². The molecule has 0 spiro atoms. The molecule has 0 saturated carbocycles. The van der Waals surface area contributed by atoms with E-state index in [2.05, 4.69) is 29.6 Å². The summed E-state index contributed by atoms with van der Waals surface area (Å²) < 4.78 is 11.0. The fraction of sp³-hybridized carbons (Fsp3) is 0.200. The van der Waals surface area contributed by atoms with E-state index < -0.39 is 0 Å².